The summed E-state index contributed by atoms with van der Waals surface area (Å²) in [6.07, 6.45) is 13.3. The minimum atomic E-state index is -0.203. The van der Waals surface area contributed by atoms with Gasteiger partial charge in [-0.1, -0.05) is 55.8 Å². The van der Waals surface area contributed by atoms with E-state index in [1.165, 1.54) is 58.0 Å². The van der Waals surface area contributed by atoms with E-state index in [-0.39, 0.29) is 18.1 Å². The van der Waals surface area contributed by atoms with E-state index in [2.05, 4.69) is 21.9 Å². The van der Waals surface area contributed by atoms with Gasteiger partial charge in [0.05, 0.1) is 31.4 Å². The number of amides is 2. The van der Waals surface area contributed by atoms with E-state index < -0.39 is 0 Å². The van der Waals surface area contributed by atoms with E-state index in [1.807, 2.05) is 42.2 Å². The third-order valence-electron chi connectivity index (χ3n) is 10.3. The van der Waals surface area contributed by atoms with Gasteiger partial charge in [-0.25, -0.2) is 4.79 Å². The van der Waals surface area contributed by atoms with Crippen LogP contribution in [0.3, 0.4) is 0 Å². The second-order valence-corrected chi connectivity index (χ2v) is 13.4. The van der Waals surface area contributed by atoms with Crippen LogP contribution in [-0.2, 0) is 0 Å². The number of likely N-dealkylation sites (tertiary alicyclic amines) is 2. The van der Waals surface area contributed by atoms with Crippen molar-refractivity contribution in [3.63, 3.8) is 0 Å². The number of ether oxygens (including phenoxy) is 2. The molecule has 4 aliphatic rings. The van der Waals surface area contributed by atoms with Crippen LogP contribution in [-0.4, -0.2) is 78.5 Å². The summed E-state index contributed by atoms with van der Waals surface area (Å²) >= 11 is 6.36. The van der Waals surface area contributed by atoms with Crippen LogP contribution in [0.25, 0.3) is 0 Å². The van der Waals surface area contributed by atoms with Crippen LogP contribution < -0.4 is 9.47 Å². The molecule has 3 aliphatic heterocycles. The smallest absolute Gasteiger partial charge is 0.326 e. The SMILES string of the molecule is CCOc1cc(OC)ccc1C1=N[C@H](CCC2CCCCC2)[C@H](c2ccc(Cl)cc2)N1C(=O)N1CCC(N2CCCC2)CC1. The van der Waals surface area contributed by atoms with Gasteiger partial charge in [0.1, 0.15) is 17.3 Å². The topological polar surface area (TPSA) is 57.6 Å². The summed E-state index contributed by atoms with van der Waals surface area (Å²) in [5.74, 6) is 2.86. The highest BCUT2D eigenvalue weighted by Crippen LogP contribution is 2.41. The number of piperidine rings is 1. The molecule has 1 aliphatic carbocycles. The zero-order valence-corrected chi connectivity index (χ0v) is 27.3. The normalized spacial score (nSPS) is 23.7. The van der Waals surface area contributed by atoms with Gasteiger partial charge in [0.15, 0.2) is 0 Å². The number of nitrogens with zero attached hydrogens (tertiary/aromatic N) is 4. The molecule has 3 fully saturated rings. The van der Waals surface area contributed by atoms with Crippen LogP contribution in [0, 0.1) is 5.92 Å². The lowest BCUT2D eigenvalue weighted by atomic mass is 9.84. The molecule has 0 spiro atoms. The predicted molar refractivity (Wildman–Crippen MR) is 177 cm³/mol. The Morgan fingerprint density at radius 2 is 1.64 bits per heavy atom. The first-order valence-corrected chi connectivity index (χ1v) is 17.4. The zero-order chi connectivity index (χ0) is 30.5. The van der Waals surface area contributed by atoms with Crippen LogP contribution in [0.1, 0.15) is 94.7 Å². The van der Waals surface area contributed by atoms with E-state index in [0.29, 0.717) is 29.3 Å². The van der Waals surface area contributed by atoms with Gasteiger partial charge in [-0.2, -0.15) is 0 Å². The Balaban J connectivity index is 1.35. The molecule has 6 rings (SSSR count). The number of amidine groups is 1. The Labute approximate surface area is 268 Å². The second kappa shape index (κ2) is 14.6. The zero-order valence-electron chi connectivity index (χ0n) is 26.6. The minimum Gasteiger partial charge on any atom is -0.497 e. The van der Waals surface area contributed by atoms with Crippen molar-refractivity contribution in [1.82, 2.24) is 14.7 Å². The van der Waals surface area contributed by atoms with E-state index in [9.17, 15) is 4.79 Å². The number of halogens is 1. The number of methoxy groups -OCH3 is 1. The number of hydrogen-bond donors (Lipinski definition) is 0. The predicted octanol–water partition coefficient (Wildman–Crippen LogP) is 7.96. The van der Waals surface area contributed by atoms with Crippen molar-refractivity contribution in [3.05, 3.63) is 58.6 Å². The monoisotopic (exact) mass is 620 g/mol. The van der Waals surface area contributed by atoms with Crippen molar-refractivity contribution in [2.45, 2.75) is 95.7 Å². The lowest BCUT2D eigenvalue weighted by molar-refractivity contribution is 0.117. The molecule has 0 aromatic heterocycles. The molecule has 0 unspecified atom stereocenters. The van der Waals surface area contributed by atoms with E-state index in [0.717, 1.165) is 61.6 Å². The van der Waals surface area contributed by atoms with Gasteiger partial charge < -0.3 is 19.3 Å². The lowest BCUT2D eigenvalue weighted by Crippen LogP contribution is -2.52. The van der Waals surface area contributed by atoms with Gasteiger partial charge in [0.2, 0.25) is 0 Å². The second-order valence-electron chi connectivity index (χ2n) is 13.0. The highest BCUT2D eigenvalue weighted by molar-refractivity contribution is 6.30. The Hall–Kier alpha value is -2.77. The molecule has 2 amide bonds. The molecule has 1 saturated carbocycles. The number of carbonyl (C=O) groups is 1. The van der Waals surface area contributed by atoms with E-state index in [1.54, 1.807) is 7.11 Å². The summed E-state index contributed by atoms with van der Waals surface area (Å²) in [5.41, 5.74) is 1.92. The molecular weight excluding hydrogens is 572 g/mol. The van der Waals surface area contributed by atoms with Crippen molar-refractivity contribution in [1.29, 1.82) is 0 Å². The van der Waals surface area contributed by atoms with Gasteiger partial charge in [-0.15, -0.1) is 0 Å². The maximum atomic E-state index is 14.8. The first-order chi connectivity index (χ1) is 21.6. The molecule has 44 heavy (non-hydrogen) atoms. The molecule has 8 heteroatoms. The largest absolute Gasteiger partial charge is 0.497 e. The van der Waals surface area contributed by atoms with Crippen LogP contribution in [0.2, 0.25) is 5.02 Å². The summed E-state index contributed by atoms with van der Waals surface area (Å²) in [6, 6.07) is 14.3. The summed E-state index contributed by atoms with van der Waals surface area (Å²) in [4.78, 5) is 26.9. The van der Waals surface area contributed by atoms with Gasteiger partial charge in [0.25, 0.3) is 0 Å². The molecule has 2 atom stereocenters. The quantitative estimate of drug-likeness (QED) is 0.285. The molecule has 0 N–H and O–H groups in total. The van der Waals surface area contributed by atoms with Crippen LogP contribution in [0.15, 0.2) is 47.5 Å². The fraction of sp³-hybridized carbons (Fsp3) is 0.611. The van der Waals surface area contributed by atoms with Crippen LogP contribution in [0.4, 0.5) is 4.79 Å². The maximum absolute atomic E-state index is 14.8. The number of urea groups is 1. The average Bonchev–Trinajstić information content (AvgIpc) is 3.74. The molecule has 0 bridgehead atoms. The molecule has 0 radical (unpaired) electrons. The highest BCUT2D eigenvalue weighted by Gasteiger charge is 2.44. The highest BCUT2D eigenvalue weighted by atomic mass is 35.5. The van der Waals surface area contributed by atoms with Crippen LogP contribution >= 0.6 is 11.6 Å². The van der Waals surface area contributed by atoms with Crippen molar-refractivity contribution < 1.29 is 14.3 Å². The summed E-state index contributed by atoms with van der Waals surface area (Å²) < 4.78 is 11.7. The number of carbonyl (C=O) groups excluding carboxylic acids is 1. The Bertz CT molecular complexity index is 1280. The van der Waals surface area contributed by atoms with Crippen molar-refractivity contribution in [3.8, 4) is 11.5 Å². The van der Waals surface area contributed by atoms with Gasteiger partial charge in [-0.05, 0) is 94.3 Å². The Kier molecular flexibility index (Phi) is 10.3. The summed E-state index contributed by atoms with van der Waals surface area (Å²) in [5, 5.41) is 0.697. The maximum Gasteiger partial charge on any atom is 0.326 e. The molecule has 2 aromatic carbocycles. The number of rotatable bonds is 9. The Morgan fingerprint density at radius 3 is 2.32 bits per heavy atom. The van der Waals surface area contributed by atoms with Crippen LogP contribution in [0.5, 0.6) is 11.5 Å². The number of aliphatic imine (C=N–C) groups is 1. The van der Waals surface area contributed by atoms with Gasteiger partial charge in [-0.3, -0.25) is 9.89 Å². The number of benzene rings is 2. The van der Waals surface area contributed by atoms with Crippen molar-refractivity contribution >= 4 is 23.5 Å². The summed E-state index contributed by atoms with van der Waals surface area (Å²) in [6.45, 7) is 6.42. The third-order valence-corrected chi connectivity index (χ3v) is 10.5. The van der Waals surface area contributed by atoms with E-state index >= 15 is 0 Å². The molecular formula is C36H49ClN4O3. The fourth-order valence-corrected chi connectivity index (χ4v) is 8.04. The molecule has 238 valence electrons. The Morgan fingerprint density at radius 1 is 0.909 bits per heavy atom. The standard InChI is InChI=1S/C36H49ClN4O3/c1-3-44-33-25-30(43-2)16-17-31(33)35-38-32(18-11-26-9-5-4-6-10-26)34(27-12-14-28(37)15-13-27)41(35)36(42)40-23-19-29(20-24-40)39-21-7-8-22-39/h12-17,25-26,29,32,34H,3-11,18-24H2,1-2H3/t32-,34+/m1/s1. The summed E-state index contributed by atoms with van der Waals surface area (Å²) in [7, 11) is 1.66. The first kappa shape index (κ1) is 31.2. The molecule has 2 aromatic rings. The molecule has 7 nitrogen and oxygen atoms in total. The first-order valence-electron chi connectivity index (χ1n) is 17.0. The average molecular weight is 621 g/mol. The van der Waals surface area contributed by atoms with Gasteiger partial charge >= 0.3 is 6.03 Å². The van der Waals surface area contributed by atoms with Crippen molar-refractivity contribution in [2.24, 2.45) is 10.9 Å². The van der Waals surface area contributed by atoms with E-state index in [4.69, 9.17) is 26.1 Å². The third kappa shape index (κ3) is 6.89. The molecule has 3 heterocycles. The van der Waals surface area contributed by atoms with Crippen molar-refractivity contribution in [2.75, 3.05) is 39.9 Å². The molecule has 2 saturated heterocycles. The van der Waals surface area contributed by atoms with Gasteiger partial charge in [0, 0.05) is 30.2 Å². The number of hydrogen-bond acceptors (Lipinski definition) is 5. The fourth-order valence-electron chi connectivity index (χ4n) is 7.91. The lowest BCUT2D eigenvalue weighted by Gasteiger charge is -2.40. The minimum absolute atomic E-state index is 0.0435.